The van der Waals surface area contributed by atoms with E-state index in [1.807, 2.05) is 12.3 Å². The van der Waals surface area contributed by atoms with Crippen LogP contribution in [0.5, 0.6) is 0 Å². The molecule has 1 fully saturated rings. The number of rotatable bonds is 4. The Hall–Kier alpha value is -2.03. The Morgan fingerprint density at radius 2 is 1.86 bits per heavy atom. The molecule has 110 valence electrons. The fourth-order valence-electron chi connectivity index (χ4n) is 2.87. The van der Waals surface area contributed by atoms with E-state index in [1.165, 1.54) is 11.3 Å². The van der Waals surface area contributed by atoms with Gasteiger partial charge in [-0.3, -0.25) is 0 Å². The first-order chi connectivity index (χ1) is 10.3. The molecule has 1 N–H and O–H groups in total. The van der Waals surface area contributed by atoms with Gasteiger partial charge in [0.1, 0.15) is 5.82 Å². The van der Waals surface area contributed by atoms with E-state index in [1.54, 1.807) is 0 Å². The van der Waals surface area contributed by atoms with Gasteiger partial charge in [0.05, 0.1) is 0 Å². The molecule has 1 aliphatic rings. The highest BCUT2D eigenvalue weighted by atomic mass is 15.2. The Kier molecular flexibility index (Phi) is 4.39. The summed E-state index contributed by atoms with van der Waals surface area (Å²) in [7, 11) is 0. The second-order valence-electron chi connectivity index (χ2n) is 5.64. The maximum Gasteiger partial charge on any atom is 0.128 e. The molecule has 0 atom stereocenters. The second-order valence-corrected chi connectivity index (χ2v) is 5.64. The van der Waals surface area contributed by atoms with Crippen molar-refractivity contribution >= 4 is 11.5 Å². The van der Waals surface area contributed by atoms with Crippen LogP contribution >= 0.6 is 0 Å². The van der Waals surface area contributed by atoms with Crippen molar-refractivity contribution in [3.8, 4) is 0 Å². The summed E-state index contributed by atoms with van der Waals surface area (Å²) < 4.78 is 0. The number of nitrogens with one attached hydrogen (secondary N) is 1. The van der Waals surface area contributed by atoms with E-state index in [9.17, 15) is 0 Å². The third kappa shape index (κ3) is 3.54. The summed E-state index contributed by atoms with van der Waals surface area (Å²) >= 11 is 0. The Balaban J connectivity index is 1.53. The number of pyridine rings is 1. The molecule has 1 aliphatic heterocycles. The smallest absolute Gasteiger partial charge is 0.128 e. The first-order valence-corrected chi connectivity index (χ1v) is 7.86. The second kappa shape index (κ2) is 6.61. The summed E-state index contributed by atoms with van der Waals surface area (Å²) in [6, 6.07) is 15.5. The van der Waals surface area contributed by atoms with Gasteiger partial charge in [0.15, 0.2) is 0 Å². The van der Waals surface area contributed by atoms with Gasteiger partial charge in [0.25, 0.3) is 0 Å². The zero-order valence-corrected chi connectivity index (χ0v) is 12.6. The number of aryl methyl sites for hydroxylation is 1. The number of hydrogen-bond donors (Lipinski definition) is 1. The van der Waals surface area contributed by atoms with Gasteiger partial charge in [-0.2, -0.15) is 0 Å². The van der Waals surface area contributed by atoms with Crippen LogP contribution in [0.2, 0.25) is 0 Å². The Morgan fingerprint density at radius 3 is 2.48 bits per heavy atom. The molecule has 0 radical (unpaired) electrons. The lowest BCUT2D eigenvalue weighted by molar-refractivity contribution is 0.523. The van der Waals surface area contributed by atoms with Crippen molar-refractivity contribution in [3.63, 3.8) is 0 Å². The number of aromatic nitrogens is 1. The molecular formula is C18H23N3. The summed E-state index contributed by atoms with van der Waals surface area (Å²) in [5.74, 6) is 1.10. The highest BCUT2D eigenvalue weighted by molar-refractivity contribution is 5.46. The zero-order valence-electron chi connectivity index (χ0n) is 12.6. The first kappa shape index (κ1) is 13.9. The lowest BCUT2D eigenvalue weighted by Gasteiger charge is -2.33. The van der Waals surface area contributed by atoms with Crippen LogP contribution in [0.15, 0.2) is 48.7 Å². The molecule has 3 rings (SSSR count). The molecule has 21 heavy (non-hydrogen) atoms. The zero-order chi connectivity index (χ0) is 14.5. The summed E-state index contributed by atoms with van der Waals surface area (Å²) in [5, 5.41) is 3.66. The summed E-state index contributed by atoms with van der Waals surface area (Å²) in [6.45, 7) is 4.33. The van der Waals surface area contributed by atoms with E-state index in [-0.39, 0.29) is 0 Å². The maximum absolute atomic E-state index is 4.44. The van der Waals surface area contributed by atoms with Crippen molar-refractivity contribution in [1.29, 1.82) is 0 Å². The molecule has 0 aliphatic carbocycles. The van der Waals surface area contributed by atoms with Gasteiger partial charge in [-0.15, -0.1) is 0 Å². The minimum Gasteiger partial charge on any atom is -0.382 e. The summed E-state index contributed by atoms with van der Waals surface area (Å²) in [5.41, 5.74) is 2.63. The number of benzene rings is 1. The van der Waals surface area contributed by atoms with Gasteiger partial charge in [0.2, 0.25) is 0 Å². The first-order valence-electron chi connectivity index (χ1n) is 7.86. The van der Waals surface area contributed by atoms with Crippen LogP contribution in [0, 0.1) is 0 Å². The number of piperidine rings is 1. The molecule has 1 aromatic heterocycles. The molecule has 2 aromatic rings. The van der Waals surface area contributed by atoms with Crippen LogP contribution in [0.4, 0.5) is 11.5 Å². The van der Waals surface area contributed by atoms with Crippen LogP contribution in [0.1, 0.15) is 25.3 Å². The summed E-state index contributed by atoms with van der Waals surface area (Å²) in [6.07, 6.45) is 5.29. The average Bonchev–Trinajstić information content (AvgIpc) is 2.57. The molecular weight excluding hydrogens is 258 g/mol. The SMILES string of the molecule is CCc1ccc(NC2CCN(c3ccccn3)CC2)cc1. The van der Waals surface area contributed by atoms with E-state index < -0.39 is 0 Å². The highest BCUT2D eigenvalue weighted by Crippen LogP contribution is 2.20. The predicted octanol–water partition coefficient (Wildman–Crippen LogP) is 3.72. The van der Waals surface area contributed by atoms with E-state index in [0.717, 1.165) is 38.2 Å². The van der Waals surface area contributed by atoms with Crippen molar-refractivity contribution in [2.45, 2.75) is 32.2 Å². The van der Waals surface area contributed by atoms with Gasteiger partial charge < -0.3 is 10.2 Å². The van der Waals surface area contributed by atoms with Crippen LogP contribution in [0.25, 0.3) is 0 Å². The monoisotopic (exact) mass is 281 g/mol. The van der Waals surface area contributed by atoms with Gasteiger partial charge in [0, 0.05) is 31.0 Å². The Labute approximate surface area is 127 Å². The van der Waals surface area contributed by atoms with Crippen LogP contribution in [0.3, 0.4) is 0 Å². The normalized spacial score (nSPS) is 16.0. The fourth-order valence-corrected chi connectivity index (χ4v) is 2.87. The predicted molar refractivity (Wildman–Crippen MR) is 88.9 cm³/mol. The molecule has 2 heterocycles. The molecule has 1 aromatic carbocycles. The van der Waals surface area contributed by atoms with E-state index >= 15 is 0 Å². The highest BCUT2D eigenvalue weighted by Gasteiger charge is 2.19. The molecule has 0 bridgehead atoms. The molecule has 0 saturated carbocycles. The molecule has 0 amide bonds. The van der Waals surface area contributed by atoms with E-state index in [0.29, 0.717) is 6.04 Å². The fraction of sp³-hybridized carbons (Fsp3) is 0.389. The average molecular weight is 281 g/mol. The lowest BCUT2D eigenvalue weighted by Crippen LogP contribution is -2.39. The van der Waals surface area contributed by atoms with Crippen molar-refractivity contribution < 1.29 is 0 Å². The van der Waals surface area contributed by atoms with E-state index in [4.69, 9.17) is 0 Å². The van der Waals surface area contributed by atoms with Gasteiger partial charge >= 0.3 is 0 Å². The van der Waals surface area contributed by atoms with Crippen LogP contribution < -0.4 is 10.2 Å². The third-order valence-electron chi connectivity index (χ3n) is 4.20. The molecule has 0 spiro atoms. The third-order valence-corrected chi connectivity index (χ3v) is 4.20. The van der Waals surface area contributed by atoms with Gasteiger partial charge in [-0.05, 0) is 49.1 Å². The molecule has 1 saturated heterocycles. The Bertz CT molecular complexity index is 542. The summed E-state index contributed by atoms with van der Waals surface area (Å²) in [4.78, 5) is 6.81. The minimum atomic E-state index is 0.567. The topological polar surface area (TPSA) is 28.2 Å². The van der Waals surface area contributed by atoms with Gasteiger partial charge in [-0.25, -0.2) is 4.98 Å². The number of hydrogen-bond acceptors (Lipinski definition) is 3. The maximum atomic E-state index is 4.44. The lowest BCUT2D eigenvalue weighted by atomic mass is 10.0. The standard InChI is InChI=1S/C18H23N3/c1-2-15-6-8-16(9-7-15)20-17-10-13-21(14-11-17)18-5-3-4-12-19-18/h3-9,12,17,20H,2,10-11,13-14H2,1H3. The number of nitrogens with zero attached hydrogens (tertiary/aromatic N) is 2. The largest absolute Gasteiger partial charge is 0.382 e. The van der Waals surface area contributed by atoms with Crippen LogP contribution in [-0.2, 0) is 6.42 Å². The van der Waals surface area contributed by atoms with Gasteiger partial charge in [-0.1, -0.05) is 25.1 Å². The number of anilines is 2. The van der Waals surface area contributed by atoms with Crippen molar-refractivity contribution in [3.05, 3.63) is 54.2 Å². The van der Waals surface area contributed by atoms with Crippen molar-refractivity contribution in [2.24, 2.45) is 0 Å². The van der Waals surface area contributed by atoms with Crippen molar-refractivity contribution in [1.82, 2.24) is 4.98 Å². The van der Waals surface area contributed by atoms with Crippen LogP contribution in [-0.4, -0.2) is 24.1 Å². The molecule has 3 nitrogen and oxygen atoms in total. The van der Waals surface area contributed by atoms with Crippen molar-refractivity contribution in [2.75, 3.05) is 23.3 Å². The van der Waals surface area contributed by atoms with E-state index in [2.05, 4.69) is 58.5 Å². The molecule has 0 unspecified atom stereocenters. The molecule has 3 heteroatoms. The minimum absolute atomic E-state index is 0.567. The Morgan fingerprint density at radius 1 is 1.10 bits per heavy atom. The quantitative estimate of drug-likeness (QED) is 0.925.